The molecule has 0 aliphatic heterocycles. The van der Waals surface area contributed by atoms with Crippen molar-refractivity contribution < 1.29 is 14.7 Å². The number of carboxylic acid groups (broad SMARTS) is 1. The van der Waals surface area contributed by atoms with Crippen molar-refractivity contribution in [2.24, 2.45) is 5.92 Å². The number of benzene rings is 1. The van der Waals surface area contributed by atoms with Crippen LogP contribution in [-0.4, -0.2) is 23.0 Å². The minimum Gasteiger partial charge on any atom is -0.481 e. The predicted molar refractivity (Wildman–Crippen MR) is 72.1 cm³/mol. The van der Waals surface area contributed by atoms with Crippen LogP contribution < -0.4 is 5.32 Å². The number of hydrogen-bond acceptors (Lipinski definition) is 2. The van der Waals surface area contributed by atoms with Gasteiger partial charge in [-0.05, 0) is 38.8 Å². The van der Waals surface area contributed by atoms with Crippen molar-refractivity contribution in [3.63, 3.8) is 0 Å². The zero-order valence-electron chi connectivity index (χ0n) is 11.3. The van der Waals surface area contributed by atoms with Crippen LogP contribution in [0.3, 0.4) is 0 Å². The number of aliphatic carboxylic acids is 1. The van der Waals surface area contributed by atoms with Gasteiger partial charge in [0.2, 0.25) is 0 Å². The molecule has 1 aliphatic carbocycles. The second kappa shape index (κ2) is 5.43. The summed E-state index contributed by atoms with van der Waals surface area (Å²) in [5, 5.41) is 12.0. The van der Waals surface area contributed by atoms with Crippen LogP contribution in [0.2, 0.25) is 0 Å². The number of carbonyl (C=O) groups is 2. The lowest BCUT2D eigenvalue weighted by Gasteiger charge is -2.18. The molecule has 0 saturated heterocycles. The lowest BCUT2D eigenvalue weighted by Crippen LogP contribution is -2.40. The Labute approximate surface area is 112 Å². The van der Waals surface area contributed by atoms with Crippen LogP contribution in [-0.2, 0) is 4.79 Å². The Morgan fingerprint density at radius 1 is 1.16 bits per heavy atom. The second-order valence-corrected chi connectivity index (χ2v) is 5.33. The van der Waals surface area contributed by atoms with Gasteiger partial charge in [0.05, 0.1) is 5.92 Å². The summed E-state index contributed by atoms with van der Waals surface area (Å²) < 4.78 is 0. The van der Waals surface area contributed by atoms with Gasteiger partial charge in [0.15, 0.2) is 0 Å². The zero-order valence-corrected chi connectivity index (χ0v) is 11.3. The SMILES string of the molecule is Cc1cc(C)cc(C(=O)NC2CCCC2C(=O)O)c1. The van der Waals surface area contributed by atoms with Crippen molar-refractivity contribution in [1.29, 1.82) is 0 Å². The number of carbonyl (C=O) groups excluding carboxylic acids is 1. The van der Waals surface area contributed by atoms with Gasteiger partial charge in [-0.15, -0.1) is 0 Å². The first kappa shape index (κ1) is 13.6. The molecular formula is C15H19NO3. The van der Waals surface area contributed by atoms with E-state index in [0.717, 1.165) is 24.0 Å². The molecule has 1 saturated carbocycles. The molecule has 0 spiro atoms. The summed E-state index contributed by atoms with van der Waals surface area (Å²) in [6, 6.07) is 5.41. The highest BCUT2D eigenvalue weighted by Crippen LogP contribution is 2.26. The molecule has 0 heterocycles. The maximum absolute atomic E-state index is 12.2. The third-order valence-electron chi connectivity index (χ3n) is 3.63. The molecule has 2 N–H and O–H groups in total. The fourth-order valence-corrected chi connectivity index (χ4v) is 2.79. The summed E-state index contributed by atoms with van der Waals surface area (Å²) >= 11 is 0. The molecule has 1 aromatic rings. The van der Waals surface area contributed by atoms with Gasteiger partial charge in [-0.25, -0.2) is 0 Å². The van der Waals surface area contributed by atoms with Crippen LogP contribution in [0.15, 0.2) is 18.2 Å². The smallest absolute Gasteiger partial charge is 0.308 e. The lowest BCUT2D eigenvalue weighted by molar-refractivity contribution is -0.142. The standard InChI is InChI=1S/C15H19NO3/c1-9-6-10(2)8-11(7-9)14(17)16-13-5-3-4-12(13)15(18)19/h6-8,12-13H,3-5H2,1-2H3,(H,16,17)(H,18,19). The number of hydrogen-bond donors (Lipinski definition) is 2. The van der Waals surface area contributed by atoms with Crippen molar-refractivity contribution in [2.45, 2.75) is 39.2 Å². The summed E-state index contributed by atoms with van der Waals surface area (Å²) in [6.07, 6.45) is 2.25. The first-order chi connectivity index (χ1) is 8.97. The van der Waals surface area contributed by atoms with Gasteiger partial charge in [0.1, 0.15) is 0 Å². The maximum Gasteiger partial charge on any atom is 0.308 e. The van der Waals surface area contributed by atoms with Crippen molar-refractivity contribution in [3.05, 3.63) is 34.9 Å². The van der Waals surface area contributed by atoms with Crippen molar-refractivity contribution in [1.82, 2.24) is 5.32 Å². The predicted octanol–water partition coefficient (Wildman–Crippen LogP) is 2.29. The van der Waals surface area contributed by atoms with E-state index in [9.17, 15) is 9.59 Å². The number of aryl methyl sites for hydroxylation is 2. The highest BCUT2D eigenvalue weighted by molar-refractivity contribution is 5.95. The molecule has 2 unspecified atom stereocenters. The molecule has 0 radical (unpaired) electrons. The van der Waals surface area contributed by atoms with Gasteiger partial charge in [0, 0.05) is 11.6 Å². The van der Waals surface area contributed by atoms with Crippen molar-refractivity contribution >= 4 is 11.9 Å². The molecule has 1 fully saturated rings. The van der Waals surface area contributed by atoms with Gasteiger partial charge in [-0.1, -0.05) is 23.6 Å². The van der Waals surface area contributed by atoms with Crippen LogP contribution in [0.5, 0.6) is 0 Å². The number of nitrogens with one attached hydrogen (secondary N) is 1. The quantitative estimate of drug-likeness (QED) is 0.877. The average Bonchev–Trinajstić information content (AvgIpc) is 2.75. The molecule has 4 nitrogen and oxygen atoms in total. The molecule has 0 bridgehead atoms. The van der Waals surface area contributed by atoms with Crippen LogP contribution in [0.25, 0.3) is 0 Å². The van der Waals surface area contributed by atoms with Gasteiger partial charge in [-0.3, -0.25) is 9.59 Å². The van der Waals surface area contributed by atoms with E-state index in [0.29, 0.717) is 12.0 Å². The van der Waals surface area contributed by atoms with Gasteiger partial charge in [0.25, 0.3) is 5.91 Å². The topological polar surface area (TPSA) is 66.4 Å². The van der Waals surface area contributed by atoms with E-state index in [1.54, 1.807) is 0 Å². The summed E-state index contributed by atoms with van der Waals surface area (Å²) in [4.78, 5) is 23.3. The van der Waals surface area contributed by atoms with E-state index in [4.69, 9.17) is 5.11 Å². The van der Waals surface area contributed by atoms with Gasteiger partial charge >= 0.3 is 5.97 Å². The largest absolute Gasteiger partial charge is 0.481 e. The van der Waals surface area contributed by atoms with E-state index < -0.39 is 11.9 Å². The Hall–Kier alpha value is -1.84. The number of carboxylic acids is 1. The molecular weight excluding hydrogens is 242 g/mol. The lowest BCUT2D eigenvalue weighted by atomic mass is 10.0. The number of amides is 1. The zero-order chi connectivity index (χ0) is 14.0. The first-order valence-corrected chi connectivity index (χ1v) is 6.59. The van der Waals surface area contributed by atoms with Crippen molar-refractivity contribution in [3.8, 4) is 0 Å². The molecule has 2 atom stereocenters. The molecule has 1 aromatic carbocycles. The Kier molecular flexibility index (Phi) is 3.88. The van der Waals surface area contributed by atoms with E-state index in [2.05, 4.69) is 5.32 Å². The fourth-order valence-electron chi connectivity index (χ4n) is 2.79. The van der Waals surface area contributed by atoms with E-state index in [1.165, 1.54) is 0 Å². The summed E-state index contributed by atoms with van der Waals surface area (Å²) in [5.41, 5.74) is 2.67. The van der Waals surface area contributed by atoms with E-state index in [-0.39, 0.29) is 11.9 Å². The fraction of sp³-hybridized carbons (Fsp3) is 0.467. The van der Waals surface area contributed by atoms with Crippen molar-refractivity contribution in [2.75, 3.05) is 0 Å². The van der Waals surface area contributed by atoms with Crippen LogP contribution >= 0.6 is 0 Å². The normalized spacial score (nSPS) is 22.2. The summed E-state index contributed by atoms with van der Waals surface area (Å²) in [6.45, 7) is 3.89. The molecule has 19 heavy (non-hydrogen) atoms. The monoisotopic (exact) mass is 261 g/mol. The molecule has 1 amide bonds. The minimum atomic E-state index is -0.816. The molecule has 0 aromatic heterocycles. The minimum absolute atomic E-state index is 0.176. The van der Waals surface area contributed by atoms with Gasteiger partial charge < -0.3 is 10.4 Å². The molecule has 102 valence electrons. The Morgan fingerprint density at radius 2 is 1.79 bits per heavy atom. The van der Waals surface area contributed by atoms with Gasteiger partial charge in [-0.2, -0.15) is 0 Å². The molecule has 1 aliphatic rings. The average molecular weight is 261 g/mol. The summed E-state index contributed by atoms with van der Waals surface area (Å²) in [5.74, 6) is -1.44. The summed E-state index contributed by atoms with van der Waals surface area (Å²) in [7, 11) is 0. The number of rotatable bonds is 3. The second-order valence-electron chi connectivity index (χ2n) is 5.33. The molecule has 4 heteroatoms. The Bertz CT molecular complexity index is 490. The highest BCUT2D eigenvalue weighted by Gasteiger charge is 2.33. The van der Waals surface area contributed by atoms with E-state index >= 15 is 0 Å². The van der Waals surface area contributed by atoms with Crippen LogP contribution in [0.1, 0.15) is 40.7 Å². The first-order valence-electron chi connectivity index (χ1n) is 6.59. The molecule has 2 rings (SSSR count). The van der Waals surface area contributed by atoms with Crippen LogP contribution in [0, 0.1) is 19.8 Å². The Balaban J connectivity index is 2.10. The van der Waals surface area contributed by atoms with E-state index in [1.807, 2.05) is 32.0 Å². The Morgan fingerprint density at radius 3 is 2.37 bits per heavy atom. The third-order valence-corrected chi connectivity index (χ3v) is 3.63. The maximum atomic E-state index is 12.2. The highest BCUT2D eigenvalue weighted by atomic mass is 16.4. The third kappa shape index (κ3) is 3.13. The van der Waals surface area contributed by atoms with Crippen LogP contribution in [0.4, 0.5) is 0 Å².